The lowest BCUT2D eigenvalue weighted by Gasteiger charge is -2.29. The van der Waals surface area contributed by atoms with E-state index in [1.807, 2.05) is 0 Å². The van der Waals surface area contributed by atoms with Gasteiger partial charge < -0.3 is 10.1 Å². The largest absolute Gasteiger partial charge is 0.468 e. The summed E-state index contributed by atoms with van der Waals surface area (Å²) in [5, 5.41) is 2.65. The van der Waals surface area contributed by atoms with Crippen LogP contribution in [0.5, 0.6) is 0 Å². The van der Waals surface area contributed by atoms with Crippen molar-refractivity contribution in [3.63, 3.8) is 0 Å². The molecule has 1 rings (SSSR count). The Labute approximate surface area is 71.3 Å². The summed E-state index contributed by atoms with van der Waals surface area (Å²) < 4.78 is 4.56. The Morgan fingerprint density at radius 1 is 1.67 bits per heavy atom. The minimum absolute atomic E-state index is 0.222. The highest BCUT2D eigenvalue weighted by atomic mass is 16.5. The number of hydrogen-bond donors (Lipinski definition) is 1. The Bertz CT molecular complexity index is 204. The van der Waals surface area contributed by atoms with Gasteiger partial charge in [0.05, 0.1) is 7.11 Å². The van der Waals surface area contributed by atoms with Crippen molar-refractivity contribution in [2.45, 2.75) is 19.8 Å². The fraction of sp³-hybridized carbons (Fsp3) is 0.750. The van der Waals surface area contributed by atoms with E-state index in [4.69, 9.17) is 0 Å². The van der Waals surface area contributed by atoms with Gasteiger partial charge in [-0.2, -0.15) is 0 Å². The highest BCUT2D eigenvalue weighted by Crippen LogP contribution is 2.27. The van der Waals surface area contributed by atoms with Crippen LogP contribution in [0, 0.1) is 5.41 Å². The number of rotatable bonds is 1. The third kappa shape index (κ3) is 1.29. The van der Waals surface area contributed by atoms with Crippen LogP contribution >= 0.6 is 0 Å². The first-order valence-electron chi connectivity index (χ1n) is 3.98. The van der Waals surface area contributed by atoms with Gasteiger partial charge in [0.1, 0.15) is 5.41 Å². The van der Waals surface area contributed by atoms with E-state index in [1.165, 1.54) is 7.11 Å². The van der Waals surface area contributed by atoms with Crippen molar-refractivity contribution < 1.29 is 14.3 Å². The van der Waals surface area contributed by atoms with Gasteiger partial charge in [0.25, 0.3) is 0 Å². The molecule has 1 atom stereocenters. The molecular weight excluding hydrogens is 158 g/mol. The molecule has 1 amide bonds. The first-order valence-corrected chi connectivity index (χ1v) is 3.98. The van der Waals surface area contributed by atoms with Crippen molar-refractivity contribution >= 4 is 11.9 Å². The number of hydrogen-bond acceptors (Lipinski definition) is 3. The Morgan fingerprint density at radius 2 is 2.33 bits per heavy atom. The molecule has 68 valence electrons. The molecular formula is C8H13NO3. The van der Waals surface area contributed by atoms with E-state index < -0.39 is 11.4 Å². The smallest absolute Gasteiger partial charge is 0.321 e. The average Bonchev–Trinajstić information content (AvgIpc) is 2.09. The standard InChI is InChI=1S/C8H13NO3/c1-8(7(11)12-2)4-3-5-9-6(8)10/h3-5H2,1-2H3,(H,9,10). The molecule has 1 saturated heterocycles. The SMILES string of the molecule is COC(=O)C1(C)CCCNC1=O. The molecule has 0 aliphatic carbocycles. The topological polar surface area (TPSA) is 55.4 Å². The number of nitrogens with one attached hydrogen (secondary N) is 1. The summed E-state index contributed by atoms with van der Waals surface area (Å²) in [7, 11) is 1.30. The van der Waals surface area contributed by atoms with Crippen LogP contribution < -0.4 is 5.32 Å². The zero-order chi connectivity index (χ0) is 9.19. The van der Waals surface area contributed by atoms with Crippen LogP contribution in [0.4, 0.5) is 0 Å². The molecule has 0 bridgehead atoms. The van der Waals surface area contributed by atoms with Gasteiger partial charge >= 0.3 is 5.97 Å². The highest BCUT2D eigenvalue weighted by molar-refractivity contribution is 6.02. The molecule has 1 fully saturated rings. The molecule has 4 nitrogen and oxygen atoms in total. The predicted octanol–water partition coefficient (Wildman–Crippen LogP) is 0.0757. The van der Waals surface area contributed by atoms with E-state index in [0.29, 0.717) is 13.0 Å². The maximum absolute atomic E-state index is 11.3. The predicted molar refractivity (Wildman–Crippen MR) is 42.4 cm³/mol. The molecule has 0 aromatic rings. The normalized spacial score (nSPS) is 29.3. The fourth-order valence-corrected chi connectivity index (χ4v) is 1.37. The van der Waals surface area contributed by atoms with Crippen LogP contribution in [0.3, 0.4) is 0 Å². The molecule has 1 aliphatic heterocycles. The second-order valence-electron chi connectivity index (χ2n) is 3.18. The molecule has 0 radical (unpaired) electrons. The molecule has 0 saturated carbocycles. The monoisotopic (exact) mass is 171 g/mol. The van der Waals surface area contributed by atoms with E-state index in [-0.39, 0.29) is 5.91 Å². The summed E-state index contributed by atoms with van der Waals surface area (Å²) in [5.74, 6) is -0.666. The summed E-state index contributed by atoms with van der Waals surface area (Å²) in [6.07, 6.45) is 1.41. The zero-order valence-corrected chi connectivity index (χ0v) is 7.35. The summed E-state index contributed by atoms with van der Waals surface area (Å²) in [6.45, 7) is 2.28. The van der Waals surface area contributed by atoms with Crippen LogP contribution in [0.25, 0.3) is 0 Å². The van der Waals surface area contributed by atoms with Gasteiger partial charge in [0, 0.05) is 6.54 Å². The van der Waals surface area contributed by atoms with Gasteiger partial charge in [-0.3, -0.25) is 9.59 Å². The summed E-state index contributed by atoms with van der Waals surface area (Å²) in [6, 6.07) is 0. The summed E-state index contributed by atoms with van der Waals surface area (Å²) in [5.41, 5.74) is -0.965. The third-order valence-corrected chi connectivity index (χ3v) is 2.28. The van der Waals surface area contributed by atoms with Crippen molar-refractivity contribution in [2.75, 3.05) is 13.7 Å². The number of esters is 1. The maximum Gasteiger partial charge on any atom is 0.321 e. The maximum atomic E-state index is 11.3. The van der Waals surface area contributed by atoms with Gasteiger partial charge in [0.15, 0.2) is 0 Å². The molecule has 4 heteroatoms. The van der Waals surface area contributed by atoms with Crippen molar-refractivity contribution in [1.29, 1.82) is 0 Å². The van der Waals surface area contributed by atoms with Gasteiger partial charge in [0.2, 0.25) is 5.91 Å². The van der Waals surface area contributed by atoms with E-state index in [9.17, 15) is 9.59 Å². The second-order valence-corrected chi connectivity index (χ2v) is 3.18. The molecule has 0 spiro atoms. The Balaban J connectivity index is 2.79. The van der Waals surface area contributed by atoms with Crippen LogP contribution in [-0.4, -0.2) is 25.5 Å². The van der Waals surface area contributed by atoms with Crippen molar-refractivity contribution in [3.05, 3.63) is 0 Å². The number of amides is 1. The number of carbonyl (C=O) groups excluding carboxylic acids is 2. The van der Waals surface area contributed by atoms with Crippen molar-refractivity contribution in [3.8, 4) is 0 Å². The van der Waals surface area contributed by atoms with Gasteiger partial charge in [-0.25, -0.2) is 0 Å². The highest BCUT2D eigenvalue weighted by Gasteiger charge is 2.43. The molecule has 1 unspecified atom stereocenters. The van der Waals surface area contributed by atoms with Crippen LogP contribution in [-0.2, 0) is 14.3 Å². The van der Waals surface area contributed by atoms with Crippen molar-refractivity contribution in [1.82, 2.24) is 5.32 Å². The lowest BCUT2D eigenvalue weighted by molar-refractivity contribution is -0.159. The molecule has 12 heavy (non-hydrogen) atoms. The second kappa shape index (κ2) is 3.13. The molecule has 0 aromatic carbocycles. The van der Waals surface area contributed by atoms with Crippen LogP contribution in [0.15, 0.2) is 0 Å². The fourth-order valence-electron chi connectivity index (χ4n) is 1.37. The summed E-state index contributed by atoms with van der Waals surface area (Å²) >= 11 is 0. The van der Waals surface area contributed by atoms with E-state index in [0.717, 1.165) is 6.42 Å². The van der Waals surface area contributed by atoms with Gasteiger partial charge in [-0.15, -0.1) is 0 Å². The zero-order valence-electron chi connectivity index (χ0n) is 7.35. The number of ether oxygens (including phenoxy) is 1. The third-order valence-electron chi connectivity index (χ3n) is 2.28. The van der Waals surface area contributed by atoms with Crippen LogP contribution in [0.2, 0.25) is 0 Å². The first-order chi connectivity index (χ1) is 5.61. The average molecular weight is 171 g/mol. The van der Waals surface area contributed by atoms with Gasteiger partial charge in [-0.1, -0.05) is 0 Å². The summed E-state index contributed by atoms with van der Waals surface area (Å²) in [4.78, 5) is 22.5. The van der Waals surface area contributed by atoms with E-state index in [2.05, 4.69) is 10.1 Å². The number of methoxy groups -OCH3 is 1. The minimum atomic E-state index is -0.965. The first kappa shape index (κ1) is 9.03. The Hall–Kier alpha value is -1.06. The number of piperidine rings is 1. The molecule has 1 N–H and O–H groups in total. The lowest BCUT2D eigenvalue weighted by Crippen LogP contribution is -2.49. The quantitative estimate of drug-likeness (QED) is 0.449. The molecule has 1 heterocycles. The minimum Gasteiger partial charge on any atom is -0.468 e. The van der Waals surface area contributed by atoms with E-state index >= 15 is 0 Å². The van der Waals surface area contributed by atoms with Gasteiger partial charge in [-0.05, 0) is 19.8 Å². The molecule has 0 aromatic heterocycles. The molecule has 1 aliphatic rings. The lowest BCUT2D eigenvalue weighted by atomic mass is 9.82. The number of carbonyl (C=O) groups is 2. The van der Waals surface area contributed by atoms with Crippen LogP contribution in [0.1, 0.15) is 19.8 Å². The Morgan fingerprint density at radius 3 is 2.83 bits per heavy atom. The Kier molecular flexibility index (Phi) is 2.35. The van der Waals surface area contributed by atoms with E-state index in [1.54, 1.807) is 6.92 Å². The van der Waals surface area contributed by atoms with Crippen molar-refractivity contribution in [2.24, 2.45) is 5.41 Å².